The number of pyridine rings is 1. The van der Waals surface area contributed by atoms with E-state index in [1.54, 1.807) is 18.3 Å². The molecule has 7 heteroatoms. The number of amides is 1. The monoisotopic (exact) mass is 403 g/mol. The summed E-state index contributed by atoms with van der Waals surface area (Å²) in [6, 6.07) is 12.2. The quantitative estimate of drug-likeness (QED) is 0.557. The van der Waals surface area contributed by atoms with E-state index in [4.69, 9.17) is 4.98 Å². The van der Waals surface area contributed by atoms with Crippen LogP contribution in [-0.2, 0) is 6.54 Å². The van der Waals surface area contributed by atoms with E-state index in [2.05, 4.69) is 34.0 Å². The number of nitrogens with one attached hydrogen (secondary N) is 1. The maximum atomic E-state index is 13.5. The van der Waals surface area contributed by atoms with Crippen LogP contribution in [0.3, 0.4) is 0 Å². The standard InChI is InChI=1S/C23H22FN5O/c1-15-9-16(14-29(15)23(30)17-3-2-4-19(24)10-17)13-28-8-7-21-22(28)6-5-20(27-21)18-11-25-26-12-18/h2-8,10-12,15-16H,9,13-14H2,1H3,(H,25,26)/t15-,16-/m1/s1. The molecule has 0 spiro atoms. The van der Waals surface area contributed by atoms with Crippen LogP contribution < -0.4 is 0 Å². The number of fused-ring (bicyclic) bond motifs is 1. The largest absolute Gasteiger partial charge is 0.346 e. The molecule has 1 saturated heterocycles. The summed E-state index contributed by atoms with van der Waals surface area (Å²) in [5, 5.41) is 6.80. The molecule has 0 saturated carbocycles. The zero-order valence-corrected chi connectivity index (χ0v) is 16.6. The number of likely N-dealkylation sites (tertiary alicyclic amines) is 1. The summed E-state index contributed by atoms with van der Waals surface area (Å²) in [6.07, 6.45) is 6.56. The van der Waals surface area contributed by atoms with Gasteiger partial charge in [0.05, 0.1) is 22.9 Å². The second kappa shape index (κ2) is 7.40. The summed E-state index contributed by atoms with van der Waals surface area (Å²) in [6.45, 7) is 3.54. The number of halogens is 1. The Labute approximate surface area is 173 Å². The van der Waals surface area contributed by atoms with Crippen LogP contribution in [0.25, 0.3) is 22.3 Å². The summed E-state index contributed by atoms with van der Waals surface area (Å²) >= 11 is 0. The molecule has 4 heterocycles. The molecule has 0 bridgehead atoms. The number of carbonyl (C=O) groups is 1. The minimum atomic E-state index is -0.384. The van der Waals surface area contributed by atoms with Crippen LogP contribution in [0.2, 0.25) is 0 Å². The maximum Gasteiger partial charge on any atom is 0.254 e. The first kappa shape index (κ1) is 18.5. The van der Waals surface area contributed by atoms with Gasteiger partial charge in [-0.15, -0.1) is 0 Å². The van der Waals surface area contributed by atoms with Gasteiger partial charge < -0.3 is 9.47 Å². The second-order valence-corrected chi connectivity index (χ2v) is 7.97. The van der Waals surface area contributed by atoms with E-state index in [-0.39, 0.29) is 17.8 Å². The van der Waals surface area contributed by atoms with Gasteiger partial charge in [-0.1, -0.05) is 6.07 Å². The smallest absolute Gasteiger partial charge is 0.254 e. The van der Waals surface area contributed by atoms with Crippen LogP contribution in [-0.4, -0.2) is 43.1 Å². The molecular formula is C23H22FN5O. The fourth-order valence-electron chi connectivity index (χ4n) is 4.41. The number of hydrogen-bond acceptors (Lipinski definition) is 3. The molecule has 2 atom stereocenters. The maximum absolute atomic E-state index is 13.5. The Kier molecular flexibility index (Phi) is 4.58. The highest BCUT2D eigenvalue weighted by Crippen LogP contribution is 2.28. The fraction of sp³-hybridized carbons (Fsp3) is 0.261. The van der Waals surface area contributed by atoms with Crippen molar-refractivity contribution in [2.75, 3.05) is 6.54 Å². The molecular weight excluding hydrogens is 381 g/mol. The lowest BCUT2D eigenvalue weighted by atomic mass is 10.1. The van der Waals surface area contributed by atoms with Crippen LogP contribution in [0.1, 0.15) is 23.7 Å². The Bertz CT molecular complexity index is 1200. The minimum absolute atomic E-state index is 0.103. The van der Waals surface area contributed by atoms with Gasteiger partial charge in [-0.3, -0.25) is 9.89 Å². The molecule has 152 valence electrons. The molecule has 3 aromatic heterocycles. The lowest BCUT2D eigenvalue weighted by Gasteiger charge is -2.21. The predicted octanol–water partition coefficient (Wildman–Crippen LogP) is 4.12. The van der Waals surface area contributed by atoms with Crippen molar-refractivity contribution in [2.24, 2.45) is 5.92 Å². The van der Waals surface area contributed by atoms with Gasteiger partial charge in [0.25, 0.3) is 5.91 Å². The zero-order valence-electron chi connectivity index (χ0n) is 16.6. The summed E-state index contributed by atoms with van der Waals surface area (Å²) < 4.78 is 15.7. The van der Waals surface area contributed by atoms with E-state index >= 15 is 0 Å². The van der Waals surface area contributed by atoms with Crippen LogP contribution in [0.4, 0.5) is 4.39 Å². The van der Waals surface area contributed by atoms with Crippen LogP contribution in [0.15, 0.2) is 61.1 Å². The number of hydrogen-bond donors (Lipinski definition) is 1. The van der Waals surface area contributed by atoms with Crippen molar-refractivity contribution >= 4 is 16.9 Å². The Morgan fingerprint density at radius 2 is 2.17 bits per heavy atom. The minimum Gasteiger partial charge on any atom is -0.346 e. The highest BCUT2D eigenvalue weighted by molar-refractivity contribution is 5.94. The van der Waals surface area contributed by atoms with Gasteiger partial charge in [0.2, 0.25) is 0 Å². The number of H-pyrrole nitrogens is 1. The first-order valence-corrected chi connectivity index (χ1v) is 10.1. The molecule has 1 aromatic carbocycles. The molecule has 1 aliphatic heterocycles. The third-order valence-corrected chi connectivity index (χ3v) is 5.87. The Morgan fingerprint density at radius 3 is 2.97 bits per heavy atom. The van der Waals surface area contributed by atoms with Crippen LogP contribution in [0.5, 0.6) is 0 Å². The number of aromatic nitrogens is 4. The molecule has 1 amide bonds. The van der Waals surface area contributed by atoms with E-state index in [9.17, 15) is 9.18 Å². The van der Waals surface area contributed by atoms with E-state index in [1.807, 2.05) is 23.2 Å². The van der Waals surface area contributed by atoms with Gasteiger partial charge in [0.1, 0.15) is 5.82 Å². The lowest BCUT2D eigenvalue weighted by molar-refractivity contribution is 0.0741. The van der Waals surface area contributed by atoms with Crippen molar-refractivity contribution in [3.63, 3.8) is 0 Å². The van der Waals surface area contributed by atoms with E-state index in [1.165, 1.54) is 12.1 Å². The number of carbonyl (C=O) groups excluding carboxylic acids is 1. The normalized spacial score (nSPS) is 18.9. The summed E-state index contributed by atoms with van der Waals surface area (Å²) in [4.78, 5) is 19.5. The SMILES string of the molecule is C[C@@H]1C[C@H](Cn2ccc3nc(-c4cn[nH]c4)ccc32)CN1C(=O)c1cccc(F)c1. The van der Waals surface area contributed by atoms with E-state index < -0.39 is 0 Å². The molecule has 1 N–H and O–H groups in total. The van der Waals surface area contributed by atoms with Crippen molar-refractivity contribution in [1.82, 2.24) is 24.6 Å². The van der Waals surface area contributed by atoms with E-state index in [0.717, 1.165) is 35.3 Å². The first-order chi connectivity index (χ1) is 14.6. The van der Waals surface area contributed by atoms with Gasteiger partial charge in [-0.05, 0) is 55.7 Å². The third-order valence-electron chi connectivity index (χ3n) is 5.87. The molecule has 0 aliphatic carbocycles. The third kappa shape index (κ3) is 3.36. The highest BCUT2D eigenvalue weighted by Gasteiger charge is 2.33. The molecule has 4 aromatic rings. The average molecular weight is 403 g/mol. The Hall–Kier alpha value is -3.48. The number of nitrogens with zero attached hydrogens (tertiary/aromatic N) is 4. The van der Waals surface area contributed by atoms with Crippen molar-refractivity contribution in [2.45, 2.75) is 25.9 Å². The number of rotatable bonds is 4. The van der Waals surface area contributed by atoms with Crippen LogP contribution in [0, 0.1) is 11.7 Å². The molecule has 0 radical (unpaired) electrons. The molecule has 5 rings (SSSR count). The molecule has 1 aliphatic rings. The van der Waals surface area contributed by atoms with Gasteiger partial charge in [0.15, 0.2) is 0 Å². The van der Waals surface area contributed by atoms with E-state index in [0.29, 0.717) is 18.0 Å². The number of aromatic amines is 1. The molecule has 1 fully saturated rings. The zero-order chi connectivity index (χ0) is 20.7. The Morgan fingerprint density at radius 1 is 1.27 bits per heavy atom. The van der Waals surface area contributed by atoms with Crippen molar-refractivity contribution in [3.05, 3.63) is 72.4 Å². The van der Waals surface area contributed by atoms with Crippen molar-refractivity contribution in [1.29, 1.82) is 0 Å². The average Bonchev–Trinajstić information content (AvgIpc) is 3.48. The van der Waals surface area contributed by atoms with Gasteiger partial charge in [-0.25, -0.2) is 9.37 Å². The van der Waals surface area contributed by atoms with Crippen molar-refractivity contribution in [3.8, 4) is 11.3 Å². The summed E-state index contributed by atoms with van der Waals surface area (Å²) in [5.41, 5.74) is 4.26. The highest BCUT2D eigenvalue weighted by atomic mass is 19.1. The van der Waals surface area contributed by atoms with Crippen molar-refractivity contribution < 1.29 is 9.18 Å². The van der Waals surface area contributed by atoms with Gasteiger partial charge >= 0.3 is 0 Å². The summed E-state index contributed by atoms with van der Waals surface area (Å²) in [7, 11) is 0. The lowest BCUT2D eigenvalue weighted by Crippen LogP contribution is -2.34. The molecule has 30 heavy (non-hydrogen) atoms. The van der Waals surface area contributed by atoms with Gasteiger partial charge in [-0.2, -0.15) is 5.10 Å². The fourth-order valence-corrected chi connectivity index (χ4v) is 4.41. The van der Waals surface area contributed by atoms with Gasteiger partial charge in [0, 0.05) is 42.7 Å². The predicted molar refractivity (Wildman–Crippen MR) is 112 cm³/mol. The molecule has 0 unspecified atom stereocenters. The topological polar surface area (TPSA) is 66.8 Å². The molecule has 6 nitrogen and oxygen atoms in total. The number of benzene rings is 1. The Balaban J connectivity index is 1.33. The second-order valence-electron chi connectivity index (χ2n) is 7.97. The summed E-state index contributed by atoms with van der Waals surface area (Å²) in [5.74, 6) is -0.153. The van der Waals surface area contributed by atoms with Crippen LogP contribution >= 0.6 is 0 Å². The first-order valence-electron chi connectivity index (χ1n) is 10.1.